The van der Waals surface area contributed by atoms with Crippen LogP contribution in [0.25, 0.3) is 0 Å². The van der Waals surface area contributed by atoms with Crippen molar-refractivity contribution in [3.63, 3.8) is 0 Å². The standard InChI is InChI=1S/C18H19ClF3NO3/c1-23(10-13-6-8-15(9-7-13)26-18(20,21)22)11-14(24)12-25-17-5-3-2-4-16(17)19/h2-9,14,24H,10-12H2,1H3. The number of likely N-dealkylation sites (N-methyl/N-ethyl adjacent to an activating group) is 1. The van der Waals surface area contributed by atoms with E-state index < -0.39 is 12.5 Å². The van der Waals surface area contributed by atoms with Crippen molar-refractivity contribution in [2.45, 2.75) is 19.0 Å². The predicted octanol–water partition coefficient (Wildman–Crippen LogP) is 4.11. The third-order valence-corrected chi connectivity index (χ3v) is 3.71. The van der Waals surface area contributed by atoms with E-state index in [9.17, 15) is 18.3 Å². The van der Waals surface area contributed by atoms with Gasteiger partial charge in [0.2, 0.25) is 0 Å². The minimum Gasteiger partial charge on any atom is -0.489 e. The molecule has 0 aliphatic carbocycles. The summed E-state index contributed by atoms with van der Waals surface area (Å²) < 4.78 is 45.7. The highest BCUT2D eigenvalue weighted by molar-refractivity contribution is 6.32. The summed E-state index contributed by atoms with van der Waals surface area (Å²) in [6.45, 7) is 0.854. The topological polar surface area (TPSA) is 41.9 Å². The number of rotatable bonds is 8. The molecule has 2 aromatic rings. The molecule has 2 aromatic carbocycles. The number of ether oxygens (including phenoxy) is 2. The Morgan fingerprint density at radius 3 is 2.38 bits per heavy atom. The van der Waals surface area contributed by atoms with Crippen molar-refractivity contribution >= 4 is 11.6 Å². The van der Waals surface area contributed by atoms with Crippen LogP contribution in [0.3, 0.4) is 0 Å². The fourth-order valence-corrected chi connectivity index (χ4v) is 2.52. The molecular formula is C18H19ClF3NO3. The number of aliphatic hydroxyl groups excluding tert-OH is 1. The molecule has 0 heterocycles. The maximum Gasteiger partial charge on any atom is 0.573 e. The molecule has 0 fully saturated rings. The third-order valence-electron chi connectivity index (χ3n) is 3.40. The van der Waals surface area contributed by atoms with Gasteiger partial charge in [-0.1, -0.05) is 35.9 Å². The summed E-state index contributed by atoms with van der Waals surface area (Å²) in [5, 5.41) is 10.5. The molecule has 0 saturated carbocycles. The Hall–Kier alpha value is -1.96. The highest BCUT2D eigenvalue weighted by atomic mass is 35.5. The Morgan fingerprint density at radius 2 is 1.77 bits per heavy atom. The fraction of sp³-hybridized carbons (Fsp3) is 0.333. The number of benzene rings is 2. The van der Waals surface area contributed by atoms with Crippen LogP contribution in [-0.2, 0) is 6.54 Å². The van der Waals surface area contributed by atoms with Crippen molar-refractivity contribution in [2.24, 2.45) is 0 Å². The number of para-hydroxylation sites is 1. The molecule has 26 heavy (non-hydrogen) atoms. The zero-order valence-corrected chi connectivity index (χ0v) is 14.8. The molecule has 1 atom stereocenters. The number of halogens is 4. The Bertz CT molecular complexity index is 695. The van der Waals surface area contributed by atoms with E-state index in [2.05, 4.69) is 4.74 Å². The van der Waals surface area contributed by atoms with Crippen molar-refractivity contribution in [1.82, 2.24) is 4.90 Å². The summed E-state index contributed by atoms with van der Waals surface area (Å²) in [6, 6.07) is 12.6. The number of nitrogens with zero attached hydrogens (tertiary/aromatic N) is 1. The lowest BCUT2D eigenvalue weighted by Gasteiger charge is -2.21. The highest BCUT2D eigenvalue weighted by Gasteiger charge is 2.30. The van der Waals surface area contributed by atoms with Gasteiger partial charge in [0.25, 0.3) is 0 Å². The molecule has 8 heteroatoms. The largest absolute Gasteiger partial charge is 0.573 e. The van der Waals surface area contributed by atoms with Gasteiger partial charge in [0, 0.05) is 13.1 Å². The van der Waals surface area contributed by atoms with Gasteiger partial charge in [0.05, 0.1) is 5.02 Å². The van der Waals surface area contributed by atoms with Crippen LogP contribution in [0, 0.1) is 0 Å². The van der Waals surface area contributed by atoms with E-state index in [4.69, 9.17) is 16.3 Å². The molecule has 2 rings (SSSR count). The van der Waals surface area contributed by atoms with E-state index >= 15 is 0 Å². The van der Waals surface area contributed by atoms with Gasteiger partial charge < -0.3 is 14.6 Å². The number of hydrogen-bond donors (Lipinski definition) is 1. The summed E-state index contributed by atoms with van der Waals surface area (Å²) in [6.07, 6.45) is -5.45. The average molecular weight is 390 g/mol. The first-order valence-corrected chi connectivity index (χ1v) is 8.19. The maximum absolute atomic E-state index is 12.1. The zero-order valence-electron chi connectivity index (χ0n) is 14.0. The molecule has 142 valence electrons. The quantitative estimate of drug-likeness (QED) is 0.737. The van der Waals surface area contributed by atoms with Crippen LogP contribution < -0.4 is 9.47 Å². The van der Waals surface area contributed by atoms with E-state index in [0.717, 1.165) is 5.56 Å². The van der Waals surface area contributed by atoms with Crippen molar-refractivity contribution in [3.05, 3.63) is 59.1 Å². The lowest BCUT2D eigenvalue weighted by molar-refractivity contribution is -0.274. The molecule has 4 nitrogen and oxygen atoms in total. The van der Waals surface area contributed by atoms with E-state index in [0.29, 0.717) is 23.9 Å². The Kier molecular flexibility index (Phi) is 7.14. The monoisotopic (exact) mass is 389 g/mol. The number of aliphatic hydroxyl groups is 1. The lowest BCUT2D eigenvalue weighted by atomic mass is 10.2. The molecule has 0 bridgehead atoms. The molecule has 0 radical (unpaired) electrons. The maximum atomic E-state index is 12.1. The second-order valence-electron chi connectivity index (χ2n) is 5.78. The third kappa shape index (κ3) is 7.11. The summed E-state index contributed by atoms with van der Waals surface area (Å²) >= 11 is 5.98. The molecule has 0 amide bonds. The molecule has 1 unspecified atom stereocenters. The fourth-order valence-electron chi connectivity index (χ4n) is 2.33. The second kappa shape index (κ2) is 9.12. The van der Waals surface area contributed by atoms with Gasteiger partial charge in [-0.25, -0.2) is 0 Å². The van der Waals surface area contributed by atoms with E-state index in [1.54, 1.807) is 43.4 Å². The molecule has 1 N–H and O–H groups in total. The van der Waals surface area contributed by atoms with E-state index in [1.807, 2.05) is 4.90 Å². The number of alkyl halides is 3. The second-order valence-corrected chi connectivity index (χ2v) is 6.19. The van der Waals surface area contributed by atoms with Crippen LogP contribution in [0.1, 0.15) is 5.56 Å². The van der Waals surface area contributed by atoms with Crippen LogP contribution in [0.5, 0.6) is 11.5 Å². The SMILES string of the molecule is CN(Cc1ccc(OC(F)(F)F)cc1)CC(O)COc1ccccc1Cl. The van der Waals surface area contributed by atoms with Gasteiger partial charge in [-0.2, -0.15) is 0 Å². The van der Waals surface area contributed by atoms with Crippen molar-refractivity contribution < 1.29 is 27.8 Å². The Balaban J connectivity index is 1.78. The summed E-state index contributed by atoms with van der Waals surface area (Å²) in [5.41, 5.74) is 0.793. The normalized spacial score (nSPS) is 12.9. The van der Waals surface area contributed by atoms with Crippen molar-refractivity contribution in [1.29, 1.82) is 0 Å². The lowest BCUT2D eigenvalue weighted by Crippen LogP contribution is -2.32. The highest BCUT2D eigenvalue weighted by Crippen LogP contribution is 2.24. The van der Waals surface area contributed by atoms with Gasteiger partial charge in [-0.3, -0.25) is 4.90 Å². The van der Waals surface area contributed by atoms with Gasteiger partial charge in [-0.05, 0) is 36.9 Å². The van der Waals surface area contributed by atoms with Crippen LogP contribution in [0.15, 0.2) is 48.5 Å². The average Bonchev–Trinajstić information content (AvgIpc) is 2.54. The van der Waals surface area contributed by atoms with Gasteiger partial charge >= 0.3 is 6.36 Å². The van der Waals surface area contributed by atoms with Crippen LogP contribution in [-0.4, -0.2) is 42.7 Å². The molecule has 0 saturated heterocycles. The Labute approximate surface area is 154 Å². The first-order chi connectivity index (χ1) is 12.2. The van der Waals surface area contributed by atoms with Crippen molar-refractivity contribution in [2.75, 3.05) is 20.2 Å². The molecule has 0 aliphatic rings. The van der Waals surface area contributed by atoms with Gasteiger partial charge in [-0.15, -0.1) is 13.2 Å². The van der Waals surface area contributed by atoms with Gasteiger partial charge in [0.1, 0.15) is 24.2 Å². The van der Waals surface area contributed by atoms with E-state index in [1.165, 1.54) is 12.1 Å². The number of hydrogen-bond acceptors (Lipinski definition) is 4. The minimum atomic E-state index is -4.70. The molecule has 0 aromatic heterocycles. The minimum absolute atomic E-state index is 0.0758. The zero-order chi connectivity index (χ0) is 19.2. The predicted molar refractivity (Wildman–Crippen MR) is 92.4 cm³/mol. The molecular weight excluding hydrogens is 371 g/mol. The first kappa shape index (κ1) is 20.4. The van der Waals surface area contributed by atoms with Crippen LogP contribution >= 0.6 is 11.6 Å². The summed E-state index contributed by atoms with van der Waals surface area (Å²) in [7, 11) is 1.79. The first-order valence-electron chi connectivity index (χ1n) is 7.81. The smallest absolute Gasteiger partial charge is 0.489 e. The van der Waals surface area contributed by atoms with Gasteiger partial charge in [0.15, 0.2) is 0 Å². The van der Waals surface area contributed by atoms with Crippen LogP contribution in [0.2, 0.25) is 5.02 Å². The molecule has 0 spiro atoms. The van der Waals surface area contributed by atoms with Crippen molar-refractivity contribution in [3.8, 4) is 11.5 Å². The summed E-state index contributed by atoms with van der Waals surface area (Å²) in [5.74, 6) is 0.230. The van der Waals surface area contributed by atoms with Crippen LogP contribution in [0.4, 0.5) is 13.2 Å². The molecule has 0 aliphatic heterocycles. The summed E-state index contributed by atoms with van der Waals surface area (Å²) in [4.78, 5) is 1.83. The Morgan fingerprint density at radius 1 is 1.12 bits per heavy atom. The van der Waals surface area contributed by atoms with E-state index in [-0.39, 0.29) is 12.4 Å².